The molecule has 0 aliphatic heterocycles. The summed E-state index contributed by atoms with van der Waals surface area (Å²) in [5.41, 5.74) is 3.26. The second kappa shape index (κ2) is 6.74. The van der Waals surface area contributed by atoms with Crippen molar-refractivity contribution in [3.8, 4) is 0 Å². The first-order valence-corrected chi connectivity index (χ1v) is 8.35. The van der Waals surface area contributed by atoms with Crippen LogP contribution in [0.15, 0.2) is 54.7 Å². The fraction of sp³-hybridized carbons (Fsp3) is 0.238. The third kappa shape index (κ3) is 2.77. The van der Waals surface area contributed by atoms with Crippen LogP contribution in [-0.2, 0) is 6.42 Å². The molecule has 0 radical (unpaired) electrons. The van der Waals surface area contributed by atoms with E-state index in [4.69, 9.17) is 4.98 Å². The van der Waals surface area contributed by atoms with Gasteiger partial charge in [-0.15, -0.1) is 0 Å². The Morgan fingerprint density at radius 1 is 0.826 bits per heavy atom. The van der Waals surface area contributed by atoms with Crippen LogP contribution in [0.4, 0.5) is 0 Å². The molecule has 0 N–H and O–H groups in total. The minimum Gasteiger partial charge on any atom is -0.256 e. The summed E-state index contributed by atoms with van der Waals surface area (Å²) in [6, 6.07) is 16.7. The largest absolute Gasteiger partial charge is 0.256 e. The van der Waals surface area contributed by atoms with Gasteiger partial charge in [-0.25, -0.2) is 0 Å². The number of pyridine rings is 2. The maximum absolute atomic E-state index is 4.80. The predicted molar refractivity (Wildman–Crippen MR) is 99.9 cm³/mol. The Hall–Kier alpha value is -2.48. The highest BCUT2D eigenvalue weighted by Gasteiger charge is 2.10. The number of hydrogen-bond acceptors (Lipinski definition) is 2. The summed E-state index contributed by atoms with van der Waals surface area (Å²) in [6.07, 6.45) is 4.04. The van der Waals surface area contributed by atoms with Crippen molar-refractivity contribution in [2.24, 2.45) is 0 Å². The Bertz CT molecular complexity index is 942. The third-order valence-corrected chi connectivity index (χ3v) is 3.85. The van der Waals surface area contributed by atoms with E-state index in [1.54, 1.807) is 0 Å². The van der Waals surface area contributed by atoms with E-state index in [1.807, 2.05) is 18.3 Å². The van der Waals surface area contributed by atoms with Crippen molar-refractivity contribution in [2.45, 2.75) is 33.6 Å². The second-order valence-electron chi connectivity index (χ2n) is 5.70. The molecular formula is C21H22N2. The lowest BCUT2D eigenvalue weighted by Crippen LogP contribution is -1.93. The van der Waals surface area contributed by atoms with Gasteiger partial charge < -0.3 is 0 Å². The molecule has 4 rings (SSSR count). The minimum atomic E-state index is 0.930. The monoisotopic (exact) mass is 302 g/mol. The first kappa shape index (κ1) is 15.4. The highest BCUT2D eigenvalue weighted by molar-refractivity contribution is 6.18. The fourth-order valence-electron chi connectivity index (χ4n) is 2.92. The van der Waals surface area contributed by atoms with Gasteiger partial charge in [0, 0.05) is 33.4 Å². The Balaban J connectivity index is 0.000000485. The van der Waals surface area contributed by atoms with E-state index in [1.165, 1.54) is 28.0 Å². The second-order valence-corrected chi connectivity index (χ2v) is 5.70. The average molecular weight is 302 g/mol. The van der Waals surface area contributed by atoms with Crippen molar-refractivity contribution in [2.75, 3.05) is 0 Å². The van der Waals surface area contributed by atoms with Crippen LogP contribution < -0.4 is 0 Å². The van der Waals surface area contributed by atoms with Crippen LogP contribution in [-0.4, -0.2) is 9.97 Å². The molecule has 0 bridgehead atoms. The summed E-state index contributed by atoms with van der Waals surface area (Å²) in [5, 5.41) is 4.81. The van der Waals surface area contributed by atoms with Crippen LogP contribution in [0.1, 0.15) is 32.9 Å². The third-order valence-electron chi connectivity index (χ3n) is 3.85. The summed E-state index contributed by atoms with van der Waals surface area (Å²) in [6.45, 7) is 6.40. The molecule has 2 aromatic heterocycles. The van der Waals surface area contributed by atoms with E-state index in [0.29, 0.717) is 0 Å². The summed E-state index contributed by atoms with van der Waals surface area (Å²) < 4.78 is 0. The molecule has 0 atom stereocenters. The first-order valence-electron chi connectivity index (χ1n) is 8.35. The normalized spacial score (nSPS) is 10.7. The van der Waals surface area contributed by atoms with Crippen molar-refractivity contribution in [1.29, 1.82) is 0 Å². The van der Waals surface area contributed by atoms with Crippen LogP contribution >= 0.6 is 0 Å². The highest BCUT2D eigenvalue weighted by atomic mass is 14.7. The van der Waals surface area contributed by atoms with Crippen molar-refractivity contribution in [3.05, 3.63) is 60.4 Å². The number of aryl methyl sites for hydroxylation is 1. The number of fused-ring (bicyclic) bond motifs is 5. The Morgan fingerprint density at radius 2 is 1.61 bits per heavy atom. The maximum Gasteiger partial charge on any atom is 0.0787 e. The van der Waals surface area contributed by atoms with Crippen LogP contribution in [0.5, 0.6) is 0 Å². The molecule has 0 saturated carbocycles. The molecule has 0 saturated heterocycles. The maximum atomic E-state index is 4.80. The molecule has 4 aromatic rings. The molecule has 2 heterocycles. The van der Waals surface area contributed by atoms with Crippen molar-refractivity contribution >= 4 is 32.6 Å². The van der Waals surface area contributed by atoms with Crippen molar-refractivity contribution < 1.29 is 0 Å². The summed E-state index contributed by atoms with van der Waals surface area (Å²) in [4.78, 5) is 9.41. The SMILES string of the molecule is CCC.CCc1nc2ccccc2c2c1ccc1cccnc12. The molecule has 2 heteroatoms. The predicted octanol–water partition coefficient (Wildman–Crippen LogP) is 5.91. The Kier molecular flexibility index (Phi) is 4.52. The van der Waals surface area contributed by atoms with Crippen molar-refractivity contribution in [1.82, 2.24) is 9.97 Å². The molecular weight excluding hydrogens is 280 g/mol. The summed E-state index contributed by atoms with van der Waals surface area (Å²) >= 11 is 0. The van der Waals surface area contributed by atoms with E-state index >= 15 is 0 Å². The molecule has 0 fully saturated rings. The summed E-state index contributed by atoms with van der Waals surface area (Å²) in [7, 11) is 0. The van der Waals surface area contributed by atoms with Gasteiger partial charge in [-0.3, -0.25) is 9.97 Å². The van der Waals surface area contributed by atoms with Gasteiger partial charge in [-0.05, 0) is 18.6 Å². The number of para-hydroxylation sites is 1. The summed E-state index contributed by atoms with van der Waals surface area (Å²) in [5.74, 6) is 0. The lowest BCUT2D eigenvalue weighted by atomic mass is 10.00. The molecule has 0 spiro atoms. The van der Waals surface area contributed by atoms with Gasteiger partial charge in [0.1, 0.15) is 0 Å². The van der Waals surface area contributed by atoms with Crippen LogP contribution in [0.3, 0.4) is 0 Å². The molecule has 0 aliphatic rings. The molecule has 116 valence electrons. The number of nitrogens with zero attached hydrogens (tertiary/aromatic N) is 2. The Morgan fingerprint density at radius 3 is 2.39 bits per heavy atom. The van der Waals surface area contributed by atoms with Gasteiger partial charge in [-0.2, -0.15) is 0 Å². The number of aromatic nitrogens is 2. The van der Waals surface area contributed by atoms with E-state index in [2.05, 4.69) is 62.2 Å². The molecule has 23 heavy (non-hydrogen) atoms. The van der Waals surface area contributed by atoms with E-state index in [9.17, 15) is 0 Å². The number of rotatable bonds is 1. The van der Waals surface area contributed by atoms with E-state index in [-0.39, 0.29) is 0 Å². The van der Waals surface area contributed by atoms with Gasteiger partial charge in [0.2, 0.25) is 0 Å². The van der Waals surface area contributed by atoms with Crippen LogP contribution in [0, 0.1) is 0 Å². The lowest BCUT2D eigenvalue weighted by molar-refractivity contribution is 1.08. The van der Waals surface area contributed by atoms with Gasteiger partial charge in [0.15, 0.2) is 0 Å². The average Bonchev–Trinajstić information content (AvgIpc) is 2.61. The van der Waals surface area contributed by atoms with Crippen molar-refractivity contribution in [3.63, 3.8) is 0 Å². The van der Waals surface area contributed by atoms with Crippen LogP contribution in [0.2, 0.25) is 0 Å². The number of benzene rings is 2. The quantitative estimate of drug-likeness (QED) is 0.408. The topological polar surface area (TPSA) is 25.8 Å². The zero-order valence-electron chi connectivity index (χ0n) is 14.0. The van der Waals surface area contributed by atoms with Crippen LogP contribution in [0.25, 0.3) is 32.6 Å². The Labute approximate surface area is 137 Å². The zero-order valence-corrected chi connectivity index (χ0v) is 14.0. The zero-order chi connectivity index (χ0) is 16.2. The molecule has 0 aliphatic carbocycles. The van der Waals surface area contributed by atoms with Gasteiger partial charge >= 0.3 is 0 Å². The van der Waals surface area contributed by atoms with Gasteiger partial charge in [0.25, 0.3) is 0 Å². The van der Waals surface area contributed by atoms with Gasteiger partial charge in [-0.1, -0.05) is 63.6 Å². The molecule has 2 nitrogen and oxygen atoms in total. The lowest BCUT2D eigenvalue weighted by Gasteiger charge is -2.10. The van der Waals surface area contributed by atoms with E-state index < -0.39 is 0 Å². The molecule has 0 unspecified atom stereocenters. The molecule has 2 aromatic carbocycles. The standard InChI is InChI=1S/C18H14N2.C3H8/c1-2-15-14-10-9-12-6-5-11-19-18(12)17(14)13-7-3-4-8-16(13)20-15;1-3-2/h3-11H,2H2,1H3;3H2,1-2H3. The minimum absolute atomic E-state index is 0.930. The molecule has 0 amide bonds. The number of hydrogen-bond donors (Lipinski definition) is 0. The van der Waals surface area contributed by atoms with Gasteiger partial charge in [0.05, 0.1) is 11.0 Å². The highest BCUT2D eigenvalue weighted by Crippen LogP contribution is 2.31. The van der Waals surface area contributed by atoms with E-state index in [0.717, 1.165) is 23.1 Å². The smallest absolute Gasteiger partial charge is 0.0787 e. The fourth-order valence-corrected chi connectivity index (χ4v) is 2.92. The first-order chi connectivity index (χ1) is 11.3.